The van der Waals surface area contributed by atoms with Gasteiger partial charge in [0.2, 0.25) is 0 Å². The number of methoxy groups -OCH3 is 1. The minimum absolute atomic E-state index is 0.141. The smallest absolute Gasteiger partial charge is 0.322 e. The molecule has 3 heteroatoms. The average molecular weight is 257 g/mol. The Balaban J connectivity index is 2.15. The zero-order chi connectivity index (χ0) is 13.3. The van der Waals surface area contributed by atoms with Crippen LogP contribution in [0.3, 0.4) is 0 Å². The predicted molar refractivity (Wildman–Crippen MR) is 74.9 cm³/mol. The minimum Gasteiger partial charge on any atom is -0.468 e. The van der Waals surface area contributed by atoms with Crippen LogP contribution in [0.2, 0.25) is 0 Å². The van der Waals surface area contributed by atoms with Crippen molar-refractivity contribution in [1.82, 2.24) is 0 Å². The molecule has 0 saturated heterocycles. The maximum atomic E-state index is 12.5. The van der Waals surface area contributed by atoms with Crippen LogP contribution < -0.4 is 0 Å². The zero-order valence-electron chi connectivity index (χ0n) is 11.3. The third-order valence-electron chi connectivity index (χ3n) is 4.36. The number of carbonyl (C=O) groups is 1. The van der Waals surface area contributed by atoms with Gasteiger partial charge in [0.25, 0.3) is 0 Å². The van der Waals surface area contributed by atoms with Gasteiger partial charge in [-0.3, -0.25) is 9.79 Å². The van der Waals surface area contributed by atoms with Crippen LogP contribution in [0.25, 0.3) is 0 Å². The zero-order valence-corrected chi connectivity index (χ0v) is 11.3. The maximum Gasteiger partial charge on any atom is 0.322 e. The van der Waals surface area contributed by atoms with Gasteiger partial charge < -0.3 is 4.74 Å². The summed E-state index contributed by atoms with van der Waals surface area (Å²) < 4.78 is 5.13. The van der Waals surface area contributed by atoms with Crippen molar-refractivity contribution in [3.05, 3.63) is 29.8 Å². The van der Waals surface area contributed by atoms with Crippen molar-refractivity contribution in [2.24, 2.45) is 4.99 Å². The molecule has 0 amide bonds. The van der Waals surface area contributed by atoms with E-state index < -0.39 is 5.41 Å². The molecule has 0 spiro atoms. The Morgan fingerprint density at radius 1 is 1.21 bits per heavy atom. The molecule has 3 rings (SSSR count). The Labute approximate surface area is 113 Å². The van der Waals surface area contributed by atoms with E-state index >= 15 is 0 Å². The molecule has 1 aliphatic carbocycles. The Morgan fingerprint density at radius 3 is 2.84 bits per heavy atom. The van der Waals surface area contributed by atoms with Crippen LogP contribution in [-0.2, 0) is 14.9 Å². The highest BCUT2D eigenvalue weighted by atomic mass is 16.5. The lowest BCUT2D eigenvalue weighted by atomic mass is 9.71. The SMILES string of the molecule is COC(=O)C12CCCCCCC1=Nc1ccccc12. The molecule has 0 aromatic heterocycles. The van der Waals surface area contributed by atoms with Gasteiger partial charge in [0.15, 0.2) is 0 Å². The number of para-hydroxylation sites is 1. The lowest BCUT2D eigenvalue weighted by Gasteiger charge is -2.31. The monoisotopic (exact) mass is 257 g/mol. The molecule has 3 nitrogen and oxygen atoms in total. The fourth-order valence-corrected chi connectivity index (χ4v) is 3.42. The van der Waals surface area contributed by atoms with Gasteiger partial charge in [-0.1, -0.05) is 37.5 Å². The second-order valence-electron chi connectivity index (χ2n) is 5.39. The minimum atomic E-state index is -0.605. The van der Waals surface area contributed by atoms with Gasteiger partial charge in [0.05, 0.1) is 12.8 Å². The summed E-state index contributed by atoms with van der Waals surface area (Å²) in [6, 6.07) is 8.00. The van der Waals surface area contributed by atoms with E-state index in [1.807, 2.05) is 24.3 Å². The fourth-order valence-electron chi connectivity index (χ4n) is 3.42. The largest absolute Gasteiger partial charge is 0.468 e. The lowest BCUT2D eigenvalue weighted by molar-refractivity contribution is -0.145. The summed E-state index contributed by atoms with van der Waals surface area (Å²) >= 11 is 0. The average Bonchev–Trinajstić information content (AvgIpc) is 2.72. The maximum absolute atomic E-state index is 12.5. The molecule has 1 atom stereocenters. The van der Waals surface area contributed by atoms with Crippen LogP contribution >= 0.6 is 0 Å². The van der Waals surface area contributed by atoms with E-state index in [4.69, 9.17) is 9.73 Å². The Bertz CT molecular complexity index is 535. The highest BCUT2D eigenvalue weighted by Gasteiger charge is 2.50. The molecule has 19 heavy (non-hydrogen) atoms. The van der Waals surface area contributed by atoms with Gasteiger partial charge >= 0.3 is 5.97 Å². The molecular weight excluding hydrogens is 238 g/mol. The highest BCUT2D eigenvalue weighted by molar-refractivity contribution is 6.16. The standard InChI is InChI=1S/C16H19NO2/c1-19-15(18)16-11-7-3-2-4-10-14(16)17-13-9-6-5-8-12(13)16/h5-6,8-9H,2-4,7,10-11H2,1H3. The van der Waals surface area contributed by atoms with E-state index in [0.717, 1.165) is 42.6 Å². The Hall–Kier alpha value is -1.64. The van der Waals surface area contributed by atoms with Gasteiger partial charge in [-0.15, -0.1) is 0 Å². The molecule has 1 saturated carbocycles. The summed E-state index contributed by atoms with van der Waals surface area (Å²) in [6.07, 6.45) is 6.33. The van der Waals surface area contributed by atoms with Crippen molar-refractivity contribution in [1.29, 1.82) is 0 Å². The van der Waals surface area contributed by atoms with Crippen molar-refractivity contribution < 1.29 is 9.53 Å². The van der Waals surface area contributed by atoms with E-state index in [0.29, 0.717) is 0 Å². The van der Waals surface area contributed by atoms with E-state index in [1.165, 1.54) is 20.0 Å². The number of carbonyl (C=O) groups excluding carboxylic acids is 1. The van der Waals surface area contributed by atoms with Crippen LogP contribution in [0.5, 0.6) is 0 Å². The van der Waals surface area contributed by atoms with Crippen molar-refractivity contribution >= 4 is 17.4 Å². The van der Waals surface area contributed by atoms with Gasteiger partial charge in [-0.25, -0.2) is 0 Å². The van der Waals surface area contributed by atoms with E-state index in [1.54, 1.807) is 0 Å². The number of fused-ring (bicyclic) bond motifs is 3. The summed E-state index contributed by atoms with van der Waals surface area (Å²) in [7, 11) is 1.48. The topological polar surface area (TPSA) is 38.7 Å². The second kappa shape index (κ2) is 4.80. The molecule has 1 fully saturated rings. The van der Waals surface area contributed by atoms with Gasteiger partial charge in [0, 0.05) is 11.3 Å². The molecule has 1 heterocycles. The summed E-state index contributed by atoms with van der Waals surface area (Å²) in [4.78, 5) is 17.2. The molecule has 0 N–H and O–H groups in total. The number of ether oxygens (including phenoxy) is 1. The Morgan fingerprint density at radius 2 is 2.00 bits per heavy atom. The number of hydrogen-bond acceptors (Lipinski definition) is 3. The van der Waals surface area contributed by atoms with Gasteiger partial charge in [0.1, 0.15) is 5.41 Å². The van der Waals surface area contributed by atoms with Crippen LogP contribution in [0.1, 0.15) is 44.1 Å². The van der Waals surface area contributed by atoms with Crippen LogP contribution in [0.15, 0.2) is 29.3 Å². The predicted octanol–water partition coefficient (Wildman–Crippen LogP) is 3.54. The summed E-state index contributed by atoms with van der Waals surface area (Å²) in [6.45, 7) is 0. The molecule has 100 valence electrons. The third-order valence-corrected chi connectivity index (χ3v) is 4.36. The van der Waals surface area contributed by atoms with Crippen LogP contribution in [0.4, 0.5) is 5.69 Å². The molecule has 0 bridgehead atoms. The van der Waals surface area contributed by atoms with Gasteiger partial charge in [-0.05, 0) is 25.3 Å². The van der Waals surface area contributed by atoms with Crippen LogP contribution in [0, 0.1) is 0 Å². The fraction of sp³-hybridized carbons (Fsp3) is 0.500. The van der Waals surface area contributed by atoms with E-state index in [9.17, 15) is 4.79 Å². The first-order valence-corrected chi connectivity index (χ1v) is 7.05. The number of aliphatic imine (C=N–C) groups is 1. The van der Waals surface area contributed by atoms with Crippen molar-refractivity contribution in [2.75, 3.05) is 7.11 Å². The second-order valence-corrected chi connectivity index (χ2v) is 5.39. The molecule has 0 radical (unpaired) electrons. The lowest BCUT2D eigenvalue weighted by Crippen LogP contribution is -2.43. The molecule has 1 unspecified atom stereocenters. The first-order chi connectivity index (χ1) is 9.29. The van der Waals surface area contributed by atoms with E-state index in [-0.39, 0.29) is 5.97 Å². The summed E-state index contributed by atoms with van der Waals surface area (Å²) in [5.41, 5.74) is 2.40. The Kier molecular flexibility index (Phi) is 3.13. The van der Waals surface area contributed by atoms with Crippen LogP contribution in [-0.4, -0.2) is 18.8 Å². The summed E-state index contributed by atoms with van der Waals surface area (Å²) in [5, 5.41) is 0. The van der Waals surface area contributed by atoms with Crippen molar-refractivity contribution in [3.8, 4) is 0 Å². The summed E-state index contributed by atoms with van der Waals surface area (Å²) in [5.74, 6) is -0.141. The molecule has 1 aliphatic heterocycles. The molecular formula is C16H19NO2. The normalized spacial score (nSPS) is 25.6. The number of nitrogens with zero attached hydrogens (tertiary/aromatic N) is 1. The van der Waals surface area contributed by atoms with Crippen molar-refractivity contribution in [3.63, 3.8) is 0 Å². The first-order valence-electron chi connectivity index (χ1n) is 7.05. The van der Waals surface area contributed by atoms with E-state index in [2.05, 4.69) is 0 Å². The first kappa shape index (κ1) is 12.4. The van der Waals surface area contributed by atoms with Crippen molar-refractivity contribution in [2.45, 2.75) is 43.9 Å². The highest BCUT2D eigenvalue weighted by Crippen LogP contribution is 2.46. The number of benzene rings is 1. The third kappa shape index (κ3) is 1.79. The molecule has 1 aromatic carbocycles. The quantitative estimate of drug-likeness (QED) is 0.722. The number of esters is 1. The molecule has 1 aromatic rings. The van der Waals surface area contributed by atoms with Gasteiger partial charge in [-0.2, -0.15) is 0 Å². The number of hydrogen-bond donors (Lipinski definition) is 0. The molecule has 2 aliphatic rings. The number of rotatable bonds is 1.